The van der Waals surface area contributed by atoms with Crippen LogP contribution in [0.1, 0.15) is 36.4 Å². The van der Waals surface area contributed by atoms with Crippen molar-refractivity contribution in [2.75, 3.05) is 11.1 Å². The van der Waals surface area contributed by atoms with Gasteiger partial charge in [0.25, 0.3) is 0 Å². The Morgan fingerprint density at radius 1 is 1.15 bits per heavy atom. The number of aromatic nitrogens is 1. The van der Waals surface area contributed by atoms with Crippen molar-refractivity contribution in [2.45, 2.75) is 25.2 Å². The van der Waals surface area contributed by atoms with Crippen LogP contribution in [0.3, 0.4) is 0 Å². The van der Waals surface area contributed by atoms with Crippen molar-refractivity contribution < 1.29 is 4.79 Å². The van der Waals surface area contributed by atoms with E-state index in [1.165, 1.54) is 25.3 Å². The largest absolute Gasteiger partial charge is 0.398 e. The molecular formula is C22H20ClN3O. The second kappa shape index (κ2) is 7.41. The number of anilines is 2. The van der Waals surface area contributed by atoms with Gasteiger partial charge in [-0.3, -0.25) is 9.78 Å². The van der Waals surface area contributed by atoms with Gasteiger partial charge in [0, 0.05) is 39.5 Å². The summed E-state index contributed by atoms with van der Waals surface area (Å²) < 4.78 is 0. The molecule has 0 spiro atoms. The number of nitrogens with one attached hydrogen (secondary N) is 1. The lowest BCUT2D eigenvalue weighted by molar-refractivity contribution is -0.111. The molecule has 1 saturated carbocycles. The molecule has 1 fully saturated rings. The molecule has 0 atom stereocenters. The minimum Gasteiger partial charge on any atom is -0.398 e. The Morgan fingerprint density at radius 3 is 2.63 bits per heavy atom. The summed E-state index contributed by atoms with van der Waals surface area (Å²) in [5, 5.41) is 4.39. The summed E-state index contributed by atoms with van der Waals surface area (Å²) in [6, 6.07) is 14.9. The number of rotatable bonds is 4. The minimum absolute atomic E-state index is 0.207. The summed E-state index contributed by atoms with van der Waals surface area (Å²) in [5.74, 6) is 0.330. The molecular weight excluding hydrogens is 358 g/mol. The van der Waals surface area contributed by atoms with E-state index in [0.29, 0.717) is 22.3 Å². The van der Waals surface area contributed by atoms with E-state index in [-0.39, 0.29) is 5.91 Å². The highest BCUT2D eigenvalue weighted by atomic mass is 35.5. The molecule has 0 unspecified atom stereocenters. The van der Waals surface area contributed by atoms with Crippen molar-refractivity contribution in [1.82, 2.24) is 4.98 Å². The molecule has 1 aliphatic rings. The number of nitrogen functional groups attached to an aromatic ring is 1. The van der Waals surface area contributed by atoms with E-state index in [4.69, 9.17) is 22.3 Å². The molecule has 3 N–H and O–H groups in total. The molecule has 0 aliphatic heterocycles. The van der Waals surface area contributed by atoms with Crippen molar-refractivity contribution in [2.24, 2.45) is 0 Å². The predicted molar refractivity (Wildman–Crippen MR) is 112 cm³/mol. The van der Waals surface area contributed by atoms with Gasteiger partial charge in [0.2, 0.25) is 5.91 Å². The molecule has 4 nitrogen and oxygen atoms in total. The fourth-order valence-corrected chi connectivity index (χ4v) is 3.32. The van der Waals surface area contributed by atoms with Gasteiger partial charge in [-0.05, 0) is 60.9 Å². The number of carbonyl (C=O) groups excluding carboxylic acids is 1. The fraction of sp³-hybridized carbons (Fsp3) is 0.182. The maximum absolute atomic E-state index is 12.2. The third-order valence-electron chi connectivity index (χ3n) is 4.95. The van der Waals surface area contributed by atoms with E-state index in [0.717, 1.165) is 22.2 Å². The monoisotopic (exact) mass is 377 g/mol. The first kappa shape index (κ1) is 17.6. The van der Waals surface area contributed by atoms with Gasteiger partial charge < -0.3 is 11.1 Å². The fourth-order valence-electron chi connectivity index (χ4n) is 3.19. The summed E-state index contributed by atoms with van der Waals surface area (Å²) in [4.78, 5) is 16.9. The predicted octanol–water partition coefficient (Wildman–Crippen LogP) is 5.39. The number of pyridine rings is 1. The number of benzene rings is 2. The zero-order valence-electron chi connectivity index (χ0n) is 14.8. The number of nitrogens with two attached hydrogens (primary N) is 1. The van der Waals surface area contributed by atoms with E-state index >= 15 is 0 Å². The number of hydrogen-bond donors (Lipinski definition) is 2. The smallest absolute Gasteiger partial charge is 0.248 e. The Hall–Kier alpha value is -2.85. The lowest BCUT2D eigenvalue weighted by atomic mass is 9.82. The van der Waals surface area contributed by atoms with Crippen LogP contribution in [0.4, 0.5) is 11.4 Å². The van der Waals surface area contributed by atoms with Crippen LogP contribution in [-0.2, 0) is 4.79 Å². The molecule has 3 aromatic rings. The van der Waals surface area contributed by atoms with Gasteiger partial charge in [-0.1, -0.05) is 30.2 Å². The maximum Gasteiger partial charge on any atom is 0.248 e. The first-order chi connectivity index (χ1) is 13.1. The van der Waals surface area contributed by atoms with Crippen LogP contribution >= 0.6 is 11.6 Å². The first-order valence-electron chi connectivity index (χ1n) is 9.03. The third kappa shape index (κ3) is 3.96. The molecule has 4 rings (SSSR count). The molecule has 5 heteroatoms. The van der Waals surface area contributed by atoms with Crippen LogP contribution in [0.5, 0.6) is 0 Å². The number of fused-ring (bicyclic) bond motifs is 1. The van der Waals surface area contributed by atoms with Gasteiger partial charge in [0.1, 0.15) is 0 Å². The van der Waals surface area contributed by atoms with Gasteiger partial charge in [0.05, 0.1) is 5.52 Å². The number of hydrogen-bond acceptors (Lipinski definition) is 3. The molecule has 1 aliphatic carbocycles. The van der Waals surface area contributed by atoms with Crippen LogP contribution in [0.15, 0.2) is 54.6 Å². The number of halogens is 1. The molecule has 0 saturated heterocycles. The van der Waals surface area contributed by atoms with Crippen LogP contribution in [0.25, 0.3) is 17.0 Å². The molecule has 1 amide bonds. The van der Waals surface area contributed by atoms with Crippen molar-refractivity contribution in [3.8, 4) is 0 Å². The van der Waals surface area contributed by atoms with Gasteiger partial charge in [-0.25, -0.2) is 0 Å². The quantitative estimate of drug-likeness (QED) is 0.599. The summed E-state index contributed by atoms with van der Waals surface area (Å²) in [6.07, 6.45) is 6.87. The Kier molecular flexibility index (Phi) is 4.82. The second-order valence-electron chi connectivity index (χ2n) is 6.87. The van der Waals surface area contributed by atoms with Crippen LogP contribution in [-0.4, -0.2) is 10.9 Å². The lowest BCUT2D eigenvalue weighted by Crippen LogP contribution is -2.11. The van der Waals surface area contributed by atoms with Crippen molar-refractivity contribution in [3.63, 3.8) is 0 Å². The minimum atomic E-state index is -0.207. The average Bonchev–Trinajstić information content (AvgIpc) is 2.60. The molecule has 2 aromatic carbocycles. The highest BCUT2D eigenvalue weighted by Gasteiger charge is 2.21. The maximum atomic E-state index is 12.2. The number of carbonyl (C=O) groups is 1. The van der Waals surface area contributed by atoms with Gasteiger partial charge >= 0.3 is 0 Å². The molecule has 1 aromatic heterocycles. The van der Waals surface area contributed by atoms with Crippen molar-refractivity contribution >= 4 is 45.9 Å². The van der Waals surface area contributed by atoms with Crippen LogP contribution in [0, 0.1) is 0 Å². The molecule has 27 heavy (non-hydrogen) atoms. The zero-order valence-corrected chi connectivity index (χ0v) is 15.5. The van der Waals surface area contributed by atoms with Crippen molar-refractivity contribution in [3.05, 3.63) is 70.9 Å². The Balaban J connectivity index is 1.50. The Morgan fingerprint density at radius 2 is 1.93 bits per heavy atom. The second-order valence-corrected chi connectivity index (χ2v) is 7.31. The van der Waals surface area contributed by atoms with Crippen LogP contribution in [0.2, 0.25) is 5.02 Å². The molecule has 136 valence electrons. The molecule has 0 radical (unpaired) electrons. The normalized spacial score (nSPS) is 14.4. The number of amides is 1. The topological polar surface area (TPSA) is 68.0 Å². The summed E-state index contributed by atoms with van der Waals surface area (Å²) >= 11 is 5.86. The highest BCUT2D eigenvalue weighted by Crippen LogP contribution is 2.37. The van der Waals surface area contributed by atoms with Crippen LogP contribution < -0.4 is 11.1 Å². The highest BCUT2D eigenvalue weighted by molar-refractivity contribution is 6.30. The third-order valence-corrected chi connectivity index (χ3v) is 5.20. The standard InChI is InChI=1S/C22H20ClN3O/c23-16-7-4-14(5-8-16)6-11-22(27)25-17-9-10-20-18(12-17)19(24)13-21(26-20)15-2-1-3-15/h4-13,15H,1-3H2,(H2,24,26)(H,25,27). The van der Waals surface area contributed by atoms with Gasteiger partial charge in [-0.15, -0.1) is 0 Å². The summed E-state index contributed by atoms with van der Waals surface area (Å²) in [5.41, 5.74) is 10.5. The van der Waals surface area contributed by atoms with Gasteiger partial charge in [-0.2, -0.15) is 0 Å². The number of nitrogens with zero attached hydrogens (tertiary/aromatic N) is 1. The Bertz CT molecular complexity index is 1020. The first-order valence-corrected chi connectivity index (χ1v) is 9.41. The van der Waals surface area contributed by atoms with E-state index in [9.17, 15) is 4.79 Å². The van der Waals surface area contributed by atoms with E-state index in [1.807, 2.05) is 36.4 Å². The van der Waals surface area contributed by atoms with E-state index in [1.54, 1.807) is 18.2 Å². The lowest BCUT2D eigenvalue weighted by Gasteiger charge is -2.25. The molecule has 0 bridgehead atoms. The zero-order chi connectivity index (χ0) is 18.8. The van der Waals surface area contributed by atoms with Gasteiger partial charge in [0.15, 0.2) is 0 Å². The molecule has 1 heterocycles. The Labute approximate surface area is 163 Å². The SMILES string of the molecule is Nc1cc(C2CCC2)nc2ccc(NC(=O)C=Cc3ccc(Cl)cc3)cc12. The summed E-state index contributed by atoms with van der Waals surface area (Å²) in [6.45, 7) is 0. The average molecular weight is 378 g/mol. The summed E-state index contributed by atoms with van der Waals surface area (Å²) in [7, 11) is 0. The van der Waals surface area contributed by atoms with Crippen molar-refractivity contribution in [1.29, 1.82) is 0 Å². The van der Waals surface area contributed by atoms with E-state index in [2.05, 4.69) is 5.32 Å². The van der Waals surface area contributed by atoms with E-state index < -0.39 is 0 Å².